The van der Waals surface area contributed by atoms with Gasteiger partial charge in [-0.1, -0.05) is 12.1 Å². The number of methoxy groups -OCH3 is 1. The second-order valence-corrected chi connectivity index (χ2v) is 8.42. The average molecular weight is 450 g/mol. The van der Waals surface area contributed by atoms with E-state index in [1.165, 1.54) is 38.3 Å². The lowest BCUT2D eigenvalue weighted by Gasteiger charge is -2.45. The van der Waals surface area contributed by atoms with Crippen molar-refractivity contribution < 1.29 is 28.9 Å². The van der Waals surface area contributed by atoms with Crippen molar-refractivity contribution in [1.29, 1.82) is 0 Å². The number of hydrogen-bond acceptors (Lipinski definition) is 6. The second kappa shape index (κ2) is 9.35. The van der Waals surface area contributed by atoms with E-state index >= 15 is 0 Å². The van der Waals surface area contributed by atoms with Gasteiger partial charge in [0.25, 0.3) is 11.5 Å². The smallest absolute Gasteiger partial charge is 0.408 e. The first-order valence-electron chi connectivity index (χ1n) is 9.70. The van der Waals surface area contributed by atoms with Crippen molar-refractivity contribution in [3.05, 3.63) is 57.5 Å². The van der Waals surface area contributed by atoms with Gasteiger partial charge in [0, 0.05) is 19.2 Å². The molecular weight excluding hydrogens is 423 g/mol. The standard InChI is InChI=1S/C21H27FN4O6/c1-20(2,3)26(19(30)31)21(4,11-32-5)18-24-14(15(27)17(29)25-18)16(28)23-10-12-6-8-13(22)9-7-12/h6-9,27H,10-11H2,1-5H3,(H,23,28)(H,30,31)(H,24,25,29). The van der Waals surface area contributed by atoms with E-state index in [4.69, 9.17) is 4.74 Å². The number of H-pyrrole nitrogens is 1. The SMILES string of the molecule is COCC(C)(c1nc(C(=O)NCc2ccc(F)cc2)c(O)c(=O)[nH]1)N(C(=O)O)C(C)(C)C. The Hall–Kier alpha value is -3.47. The monoisotopic (exact) mass is 450 g/mol. The zero-order valence-electron chi connectivity index (χ0n) is 18.5. The minimum Gasteiger partial charge on any atom is -0.501 e. The summed E-state index contributed by atoms with van der Waals surface area (Å²) in [6.07, 6.45) is -1.30. The van der Waals surface area contributed by atoms with Gasteiger partial charge in [-0.2, -0.15) is 0 Å². The van der Waals surface area contributed by atoms with Crippen molar-refractivity contribution in [1.82, 2.24) is 20.2 Å². The number of nitrogens with zero attached hydrogens (tertiary/aromatic N) is 2. The zero-order valence-corrected chi connectivity index (χ0v) is 18.5. The van der Waals surface area contributed by atoms with Gasteiger partial charge >= 0.3 is 6.09 Å². The number of nitrogens with one attached hydrogen (secondary N) is 2. The number of carbonyl (C=O) groups is 2. The van der Waals surface area contributed by atoms with Crippen LogP contribution >= 0.6 is 0 Å². The van der Waals surface area contributed by atoms with Gasteiger partial charge in [0.1, 0.15) is 17.2 Å². The second-order valence-electron chi connectivity index (χ2n) is 8.42. The third kappa shape index (κ3) is 5.22. The molecule has 1 unspecified atom stereocenters. The van der Waals surface area contributed by atoms with Gasteiger partial charge in [0.2, 0.25) is 5.75 Å². The van der Waals surface area contributed by atoms with E-state index in [9.17, 15) is 29.0 Å². The number of ether oxygens (including phenoxy) is 1. The molecule has 174 valence electrons. The third-order valence-electron chi connectivity index (χ3n) is 4.77. The van der Waals surface area contributed by atoms with Crippen LogP contribution in [0.1, 0.15) is 49.6 Å². The molecule has 0 aliphatic carbocycles. The Balaban J connectivity index is 2.50. The largest absolute Gasteiger partial charge is 0.501 e. The molecule has 0 bridgehead atoms. The summed E-state index contributed by atoms with van der Waals surface area (Å²) >= 11 is 0. The predicted octanol–water partition coefficient (Wildman–Crippen LogP) is 2.18. The first kappa shape index (κ1) is 24.8. The maximum absolute atomic E-state index is 13.0. The van der Waals surface area contributed by atoms with Crippen LogP contribution in [0.4, 0.5) is 9.18 Å². The summed E-state index contributed by atoms with van der Waals surface area (Å²) in [5, 5.41) is 22.5. The molecule has 1 aromatic heterocycles. The van der Waals surface area contributed by atoms with Crippen LogP contribution < -0.4 is 10.9 Å². The number of carbonyl (C=O) groups excluding carboxylic acids is 1. The van der Waals surface area contributed by atoms with E-state index in [1.807, 2.05) is 0 Å². The molecule has 1 atom stereocenters. The molecule has 11 heteroatoms. The van der Waals surface area contributed by atoms with Crippen molar-refractivity contribution in [3.63, 3.8) is 0 Å². The minimum absolute atomic E-state index is 0.0129. The molecule has 0 saturated heterocycles. The van der Waals surface area contributed by atoms with Crippen LogP contribution in [0.25, 0.3) is 0 Å². The number of aromatic hydroxyl groups is 1. The molecule has 0 spiro atoms. The highest BCUT2D eigenvalue weighted by molar-refractivity contribution is 5.94. The number of amides is 2. The summed E-state index contributed by atoms with van der Waals surface area (Å²) in [6, 6.07) is 5.39. The molecule has 0 aliphatic rings. The van der Waals surface area contributed by atoms with E-state index < -0.39 is 45.9 Å². The van der Waals surface area contributed by atoms with Gasteiger partial charge in [0.05, 0.1) is 6.61 Å². The number of halogens is 1. The highest BCUT2D eigenvalue weighted by atomic mass is 19.1. The molecule has 0 radical (unpaired) electrons. The van der Waals surface area contributed by atoms with Gasteiger partial charge in [-0.15, -0.1) is 0 Å². The third-order valence-corrected chi connectivity index (χ3v) is 4.77. The fourth-order valence-corrected chi connectivity index (χ4v) is 3.51. The van der Waals surface area contributed by atoms with Crippen LogP contribution in [0.15, 0.2) is 29.1 Å². The Bertz CT molecular complexity index is 1050. The molecule has 0 saturated carbocycles. The summed E-state index contributed by atoms with van der Waals surface area (Å²) in [7, 11) is 1.36. The molecule has 4 N–H and O–H groups in total. The lowest BCUT2D eigenvalue weighted by Crippen LogP contribution is -2.59. The molecule has 2 aromatic rings. The molecule has 1 heterocycles. The highest BCUT2D eigenvalue weighted by Gasteiger charge is 2.46. The van der Waals surface area contributed by atoms with Crippen molar-refractivity contribution >= 4 is 12.0 Å². The lowest BCUT2D eigenvalue weighted by molar-refractivity contribution is -0.0258. The number of hydrogen-bond donors (Lipinski definition) is 4. The topological polar surface area (TPSA) is 145 Å². The summed E-state index contributed by atoms with van der Waals surface area (Å²) in [5.74, 6) is -2.39. The van der Waals surface area contributed by atoms with Crippen LogP contribution in [0, 0.1) is 5.82 Å². The normalized spacial score (nSPS) is 13.3. The Morgan fingerprint density at radius 3 is 2.31 bits per heavy atom. The molecule has 32 heavy (non-hydrogen) atoms. The minimum atomic E-state index is -1.50. The Labute approximate surface area is 184 Å². The fourth-order valence-electron chi connectivity index (χ4n) is 3.51. The predicted molar refractivity (Wildman–Crippen MR) is 113 cm³/mol. The number of rotatable bonds is 7. The molecule has 0 fully saturated rings. The van der Waals surface area contributed by atoms with Crippen molar-refractivity contribution in [2.45, 2.75) is 45.3 Å². The van der Waals surface area contributed by atoms with Crippen LogP contribution in [-0.2, 0) is 16.8 Å². The summed E-state index contributed by atoms with van der Waals surface area (Å²) in [6.45, 7) is 6.25. The van der Waals surface area contributed by atoms with E-state index in [0.717, 1.165) is 4.90 Å². The Morgan fingerprint density at radius 2 is 1.81 bits per heavy atom. The quantitative estimate of drug-likeness (QED) is 0.506. The highest BCUT2D eigenvalue weighted by Crippen LogP contribution is 2.33. The van der Waals surface area contributed by atoms with Gasteiger partial charge < -0.3 is 25.3 Å². The fraction of sp³-hybridized carbons (Fsp3) is 0.429. The van der Waals surface area contributed by atoms with Crippen LogP contribution in [0.2, 0.25) is 0 Å². The van der Waals surface area contributed by atoms with Crippen molar-refractivity contribution in [2.24, 2.45) is 0 Å². The van der Waals surface area contributed by atoms with Crippen molar-refractivity contribution in [3.8, 4) is 5.75 Å². The number of aromatic nitrogens is 2. The van der Waals surface area contributed by atoms with Gasteiger partial charge in [-0.3, -0.25) is 14.5 Å². The maximum atomic E-state index is 13.0. The first-order chi connectivity index (χ1) is 14.8. The summed E-state index contributed by atoms with van der Waals surface area (Å²) in [4.78, 5) is 44.7. The van der Waals surface area contributed by atoms with Crippen LogP contribution in [-0.4, -0.2) is 56.3 Å². The van der Waals surface area contributed by atoms with E-state index in [0.29, 0.717) is 5.56 Å². The Morgan fingerprint density at radius 1 is 1.22 bits per heavy atom. The molecule has 2 rings (SSSR count). The summed E-state index contributed by atoms with van der Waals surface area (Å²) < 4.78 is 18.3. The van der Waals surface area contributed by atoms with Crippen LogP contribution in [0.3, 0.4) is 0 Å². The molecular formula is C21H27FN4O6. The first-order valence-corrected chi connectivity index (χ1v) is 9.70. The number of benzene rings is 1. The maximum Gasteiger partial charge on any atom is 0.408 e. The van der Waals surface area contributed by atoms with E-state index in [-0.39, 0.29) is 19.0 Å². The lowest BCUT2D eigenvalue weighted by atomic mass is 9.92. The molecule has 10 nitrogen and oxygen atoms in total. The Kier molecular flexibility index (Phi) is 7.24. The zero-order chi connectivity index (χ0) is 24.3. The molecule has 2 amide bonds. The molecule has 1 aromatic carbocycles. The van der Waals surface area contributed by atoms with Gasteiger partial charge in [-0.25, -0.2) is 14.2 Å². The number of aromatic amines is 1. The summed E-state index contributed by atoms with van der Waals surface area (Å²) in [5.41, 5.74) is -3.44. The van der Waals surface area contributed by atoms with Crippen molar-refractivity contribution in [2.75, 3.05) is 13.7 Å². The van der Waals surface area contributed by atoms with E-state index in [1.54, 1.807) is 20.8 Å². The van der Waals surface area contributed by atoms with Gasteiger partial charge in [0.15, 0.2) is 5.69 Å². The van der Waals surface area contributed by atoms with Crippen LogP contribution in [0.5, 0.6) is 5.75 Å². The van der Waals surface area contributed by atoms with E-state index in [2.05, 4.69) is 15.3 Å². The van der Waals surface area contributed by atoms with Gasteiger partial charge in [-0.05, 0) is 45.4 Å². The average Bonchev–Trinajstić information content (AvgIpc) is 2.67. The molecule has 0 aliphatic heterocycles. The number of carboxylic acid groups (broad SMARTS) is 1.